The smallest absolute Gasteiger partial charge is 0.196 e. The van der Waals surface area contributed by atoms with Gasteiger partial charge in [-0.3, -0.25) is 0 Å². The lowest BCUT2D eigenvalue weighted by atomic mass is 10.1. The highest BCUT2D eigenvalue weighted by atomic mass is 16.5. The van der Waals surface area contributed by atoms with Crippen LogP contribution in [0.15, 0.2) is 29.3 Å². The van der Waals surface area contributed by atoms with Gasteiger partial charge in [0.2, 0.25) is 0 Å². The maximum atomic E-state index is 5.98. The van der Waals surface area contributed by atoms with E-state index in [4.69, 9.17) is 10.5 Å². The summed E-state index contributed by atoms with van der Waals surface area (Å²) in [6.07, 6.45) is 0. The minimum atomic E-state index is -0.194. The Morgan fingerprint density at radius 2 is 1.88 bits per heavy atom. The number of para-hydroxylation sites is 2. The van der Waals surface area contributed by atoms with Crippen molar-refractivity contribution in [1.82, 2.24) is 0 Å². The largest absolute Gasteiger partial charge is 0.495 e. The van der Waals surface area contributed by atoms with Gasteiger partial charge in [-0.25, -0.2) is 4.99 Å². The molecule has 0 amide bonds. The molecule has 0 spiro atoms. The normalized spacial score (nSPS) is 12.4. The Balaban J connectivity index is 3.04. The summed E-state index contributed by atoms with van der Waals surface area (Å²) < 4.78 is 5.29. The van der Waals surface area contributed by atoms with E-state index in [0.29, 0.717) is 5.96 Å². The van der Waals surface area contributed by atoms with Gasteiger partial charge in [0.25, 0.3) is 0 Å². The predicted molar refractivity (Wildman–Crippen MR) is 72.8 cm³/mol. The van der Waals surface area contributed by atoms with Crippen LogP contribution in [0.3, 0.4) is 0 Å². The van der Waals surface area contributed by atoms with Crippen molar-refractivity contribution in [2.45, 2.75) is 26.3 Å². The molecule has 4 heteroatoms. The fraction of sp³-hybridized carbons (Fsp3) is 0.462. The molecule has 0 bridgehead atoms. The molecule has 0 heterocycles. The summed E-state index contributed by atoms with van der Waals surface area (Å²) in [5.74, 6) is 1.25. The molecule has 0 unspecified atom stereocenters. The van der Waals surface area contributed by atoms with Crippen LogP contribution < -0.4 is 15.4 Å². The van der Waals surface area contributed by atoms with Crippen LogP contribution in [0.1, 0.15) is 20.8 Å². The summed E-state index contributed by atoms with van der Waals surface area (Å²) in [7, 11) is 3.52. The van der Waals surface area contributed by atoms with Crippen LogP contribution in [0.5, 0.6) is 5.75 Å². The maximum Gasteiger partial charge on any atom is 0.196 e. The van der Waals surface area contributed by atoms with Crippen LogP contribution >= 0.6 is 0 Å². The van der Waals surface area contributed by atoms with Gasteiger partial charge in [0, 0.05) is 7.05 Å². The van der Waals surface area contributed by atoms with Crippen LogP contribution in [-0.2, 0) is 0 Å². The summed E-state index contributed by atoms with van der Waals surface area (Å²) in [5, 5.41) is 0. The second kappa shape index (κ2) is 5.08. The fourth-order valence-corrected chi connectivity index (χ4v) is 1.45. The average Bonchev–Trinajstić information content (AvgIpc) is 2.25. The van der Waals surface area contributed by atoms with Crippen molar-refractivity contribution < 1.29 is 4.74 Å². The van der Waals surface area contributed by atoms with Gasteiger partial charge in [0.15, 0.2) is 5.96 Å². The third-order valence-corrected chi connectivity index (χ3v) is 2.24. The molecule has 94 valence electrons. The molecule has 0 aliphatic heterocycles. The number of nitrogens with two attached hydrogens (primary N) is 1. The molecule has 0 aliphatic rings. The topological polar surface area (TPSA) is 50.9 Å². The second-order valence-electron chi connectivity index (χ2n) is 4.87. The number of rotatable bonds is 2. The molecule has 1 aromatic rings. The van der Waals surface area contributed by atoms with Crippen LogP contribution in [0, 0.1) is 0 Å². The molecular formula is C13H21N3O. The van der Waals surface area contributed by atoms with Crippen LogP contribution in [0.2, 0.25) is 0 Å². The Morgan fingerprint density at radius 3 is 2.41 bits per heavy atom. The summed E-state index contributed by atoms with van der Waals surface area (Å²) in [4.78, 5) is 6.25. The summed E-state index contributed by atoms with van der Waals surface area (Å²) in [6, 6.07) is 7.71. The van der Waals surface area contributed by atoms with E-state index >= 15 is 0 Å². The lowest BCUT2D eigenvalue weighted by Gasteiger charge is -2.23. The first kappa shape index (κ1) is 13.4. The SMILES string of the molecule is COc1ccccc1N(C)C(N)=NC(C)(C)C. The van der Waals surface area contributed by atoms with Gasteiger partial charge < -0.3 is 15.4 Å². The Labute approximate surface area is 103 Å². The summed E-state index contributed by atoms with van der Waals surface area (Å²) in [5.41, 5.74) is 6.69. The van der Waals surface area contributed by atoms with Gasteiger partial charge in [-0.05, 0) is 32.9 Å². The van der Waals surface area contributed by atoms with E-state index < -0.39 is 0 Å². The molecule has 0 radical (unpaired) electrons. The van der Waals surface area contributed by atoms with E-state index in [1.54, 1.807) is 7.11 Å². The standard InChI is InChI=1S/C13H21N3O/c1-13(2,3)15-12(14)16(4)10-8-6-7-9-11(10)17-5/h6-9H,1-5H3,(H2,14,15). The van der Waals surface area contributed by atoms with Crippen molar-refractivity contribution in [1.29, 1.82) is 0 Å². The highest BCUT2D eigenvalue weighted by Crippen LogP contribution is 2.26. The number of nitrogens with zero attached hydrogens (tertiary/aromatic N) is 2. The molecule has 17 heavy (non-hydrogen) atoms. The van der Waals surface area contributed by atoms with Crippen LogP contribution in [0.25, 0.3) is 0 Å². The third-order valence-electron chi connectivity index (χ3n) is 2.24. The van der Waals surface area contributed by atoms with Gasteiger partial charge in [-0.15, -0.1) is 0 Å². The zero-order valence-corrected chi connectivity index (χ0v) is 11.2. The maximum absolute atomic E-state index is 5.98. The first-order chi connectivity index (χ1) is 7.85. The van der Waals surface area contributed by atoms with Crippen molar-refractivity contribution in [2.24, 2.45) is 10.7 Å². The number of ether oxygens (including phenoxy) is 1. The van der Waals surface area contributed by atoms with Crippen LogP contribution in [0.4, 0.5) is 5.69 Å². The van der Waals surface area contributed by atoms with Gasteiger partial charge in [-0.2, -0.15) is 0 Å². The zero-order chi connectivity index (χ0) is 13.1. The molecule has 0 saturated heterocycles. The van der Waals surface area contributed by atoms with E-state index in [2.05, 4.69) is 4.99 Å². The second-order valence-corrected chi connectivity index (χ2v) is 4.87. The molecule has 1 rings (SSSR count). The van der Waals surface area contributed by atoms with Gasteiger partial charge in [0.1, 0.15) is 5.75 Å². The first-order valence-corrected chi connectivity index (χ1v) is 5.57. The van der Waals surface area contributed by atoms with E-state index in [0.717, 1.165) is 11.4 Å². The molecule has 0 aromatic heterocycles. The molecule has 1 aromatic carbocycles. The van der Waals surface area contributed by atoms with Crippen molar-refractivity contribution in [3.05, 3.63) is 24.3 Å². The molecule has 0 fully saturated rings. The molecular weight excluding hydrogens is 214 g/mol. The van der Waals surface area contributed by atoms with Crippen molar-refractivity contribution in [2.75, 3.05) is 19.1 Å². The third kappa shape index (κ3) is 3.66. The number of anilines is 1. The average molecular weight is 235 g/mol. The van der Waals surface area contributed by atoms with Crippen molar-refractivity contribution in [3.8, 4) is 5.75 Å². The van der Waals surface area contributed by atoms with Crippen molar-refractivity contribution in [3.63, 3.8) is 0 Å². The number of hydrogen-bond donors (Lipinski definition) is 1. The molecule has 0 aliphatic carbocycles. The summed E-state index contributed by atoms with van der Waals surface area (Å²) >= 11 is 0. The monoisotopic (exact) mass is 235 g/mol. The Kier molecular flexibility index (Phi) is 3.99. The minimum Gasteiger partial charge on any atom is -0.495 e. The zero-order valence-electron chi connectivity index (χ0n) is 11.2. The van der Waals surface area contributed by atoms with E-state index in [1.807, 2.05) is 57.0 Å². The lowest BCUT2D eigenvalue weighted by molar-refractivity contribution is 0.416. The highest BCUT2D eigenvalue weighted by molar-refractivity contribution is 5.95. The minimum absolute atomic E-state index is 0.194. The van der Waals surface area contributed by atoms with Gasteiger partial charge in [-0.1, -0.05) is 12.1 Å². The van der Waals surface area contributed by atoms with E-state index in [1.165, 1.54) is 0 Å². The molecule has 4 nitrogen and oxygen atoms in total. The van der Waals surface area contributed by atoms with Gasteiger partial charge >= 0.3 is 0 Å². The van der Waals surface area contributed by atoms with E-state index in [9.17, 15) is 0 Å². The Bertz CT molecular complexity index is 407. The number of hydrogen-bond acceptors (Lipinski definition) is 2. The van der Waals surface area contributed by atoms with Gasteiger partial charge in [0.05, 0.1) is 18.3 Å². The van der Waals surface area contributed by atoms with Crippen LogP contribution in [-0.4, -0.2) is 25.7 Å². The molecule has 0 atom stereocenters. The fourth-order valence-electron chi connectivity index (χ4n) is 1.45. The quantitative estimate of drug-likeness (QED) is 0.632. The highest BCUT2D eigenvalue weighted by Gasteiger charge is 2.14. The van der Waals surface area contributed by atoms with E-state index in [-0.39, 0.29) is 5.54 Å². The number of aliphatic imine (C=N–C) groups is 1. The number of methoxy groups -OCH3 is 1. The number of benzene rings is 1. The summed E-state index contributed by atoms with van der Waals surface area (Å²) in [6.45, 7) is 6.03. The predicted octanol–water partition coefficient (Wildman–Crippen LogP) is 2.24. The molecule has 2 N–H and O–H groups in total. The number of guanidine groups is 1. The lowest BCUT2D eigenvalue weighted by Crippen LogP contribution is -2.36. The molecule has 0 saturated carbocycles. The van der Waals surface area contributed by atoms with Crippen molar-refractivity contribution >= 4 is 11.6 Å². The first-order valence-electron chi connectivity index (χ1n) is 5.57. The Morgan fingerprint density at radius 1 is 1.29 bits per heavy atom. The Hall–Kier alpha value is -1.71.